The van der Waals surface area contributed by atoms with E-state index in [1.165, 1.54) is 31.1 Å². The van der Waals surface area contributed by atoms with E-state index in [1.54, 1.807) is 12.0 Å². The molecule has 0 heterocycles. The Balaban J connectivity index is 1.92. The number of hydrogen-bond donors (Lipinski definition) is 1. The Bertz CT molecular complexity index is 618. The van der Waals surface area contributed by atoms with Gasteiger partial charge in [-0.3, -0.25) is 14.5 Å². The quantitative estimate of drug-likeness (QED) is 0.679. The molecule has 1 aliphatic carbocycles. The first-order valence-corrected chi connectivity index (χ1v) is 9.22. The molecule has 0 saturated carbocycles. The van der Waals surface area contributed by atoms with Crippen molar-refractivity contribution in [1.29, 1.82) is 0 Å². The van der Waals surface area contributed by atoms with Crippen molar-refractivity contribution in [3.05, 3.63) is 34.9 Å². The normalized spacial score (nSPS) is 14.6. The van der Waals surface area contributed by atoms with Crippen LogP contribution in [-0.4, -0.2) is 57.2 Å². The molecule has 6 heteroatoms. The van der Waals surface area contributed by atoms with Gasteiger partial charge in [0.15, 0.2) is 0 Å². The zero-order chi connectivity index (χ0) is 18.9. The van der Waals surface area contributed by atoms with Gasteiger partial charge in [-0.25, -0.2) is 0 Å². The molecule has 0 bridgehead atoms. The molecule has 1 aromatic carbocycles. The molecule has 0 fully saturated rings. The average Bonchev–Trinajstić information content (AvgIpc) is 2.65. The first-order valence-electron chi connectivity index (χ1n) is 9.22. The Morgan fingerprint density at radius 1 is 1.15 bits per heavy atom. The lowest BCUT2D eigenvalue weighted by Crippen LogP contribution is -2.42. The van der Waals surface area contributed by atoms with Crippen molar-refractivity contribution in [3.8, 4) is 0 Å². The van der Waals surface area contributed by atoms with Crippen LogP contribution >= 0.6 is 0 Å². The van der Waals surface area contributed by atoms with Crippen molar-refractivity contribution >= 4 is 11.9 Å². The van der Waals surface area contributed by atoms with Crippen molar-refractivity contribution in [2.45, 2.75) is 38.6 Å². The molecule has 1 unspecified atom stereocenters. The van der Waals surface area contributed by atoms with E-state index in [-0.39, 0.29) is 31.0 Å². The van der Waals surface area contributed by atoms with E-state index in [0.29, 0.717) is 13.2 Å². The summed E-state index contributed by atoms with van der Waals surface area (Å²) >= 11 is 0. The fraction of sp³-hybridized carbons (Fsp3) is 0.600. The van der Waals surface area contributed by atoms with Gasteiger partial charge >= 0.3 is 5.97 Å². The van der Waals surface area contributed by atoms with Gasteiger partial charge in [0.05, 0.1) is 32.8 Å². The number of nitrogens with zero attached hydrogens (tertiary/aromatic N) is 1. The molecule has 26 heavy (non-hydrogen) atoms. The van der Waals surface area contributed by atoms with Crippen molar-refractivity contribution in [2.75, 3.05) is 40.5 Å². The summed E-state index contributed by atoms with van der Waals surface area (Å²) in [6.45, 7) is 3.13. The standard InChI is InChI=1S/C20H30N2O4/c1-15(17-9-8-16-6-4-5-7-18(16)12-17)21-19(23)13-22(10-11-25-2)14-20(24)26-3/h8-9,12,15H,4-7,10-11,13-14H2,1-3H3,(H,21,23). The van der Waals surface area contributed by atoms with Gasteiger partial charge in [-0.2, -0.15) is 0 Å². The topological polar surface area (TPSA) is 67.9 Å². The fourth-order valence-electron chi connectivity index (χ4n) is 3.28. The summed E-state index contributed by atoms with van der Waals surface area (Å²) in [5.74, 6) is -0.480. The van der Waals surface area contributed by atoms with E-state index in [2.05, 4.69) is 23.5 Å². The zero-order valence-electron chi connectivity index (χ0n) is 16.0. The van der Waals surface area contributed by atoms with E-state index >= 15 is 0 Å². The van der Waals surface area contributed by atoms with Crippen LogP contribution in [0.2, 0.25) is 0 Å². The van der Waals surface area contributed by atoms with Gasteiger partial charge in [-0.15, -0.1) is 0 Å². The number of fused-ring (bicyclic) bond motifs is 1. The monoisotopic (exact) mass is 362 g/mol. The van der Waals surface area contributed by atoms with Crippen LogP contribution < -0.4 is 5.32 Å². The summed E-state index contributed by atoms with van der Waals surface area (Å²) < 4.78 is 9.74. The highest BCUT2D eigenvalue weighted by Gasteiger charge is 2.18. The Hall–Kier alpha value is -1.92. The van der Waals surface area contributed by atoms with Crippen molar-refractivity contribution in [3.63, 3.8) is 0 Å². The Morgan fingerprint density at radius 3 is 2.58 bits per heavy atom. The zero-order valence-corrected chi connectivity index (χ0v) is 16.0. The molecule has 6 nitrogen and oxygen atoms in total. The predicted octanol–water partition coefficient (Wildman–Crippen LogP) is 1.86. The summed E-state index contributed by atoms with van der Waals surface area (Å²) in [6, 6.07) is 6.44. The third kappa shape index (κ3) is 6.11. The molecule has 1 aromatic rings. The average molecular weight is 362 g/mol. The molecule has 144 valence electrons. The highest BCUT2D eigenvalue weighted by molar-refractivity contribution is 5.79. The van der Waals surface area contributed by atoms with Crippen LogP contribution in [0.5, 0.6) is 0 Å². The second-order valence-electron chi connectivity index (χ2n) is 6.80. The van der Waals surface area contributed by atoms with Gasteiger partial charge in [0.2, 0.25) is 5.91 Å². The number of carbonyl (C=O) groups excluding carboxylic acids is 2. The van der Waals surface area contributed by atoms with E-state index in [9.17, 15) is 9.59 Å². The minimum atomic E-state index is -0.364. The minimum Gasteiger partial charge on any atom is -0.468 e. The van der Waals surface area contributed by atoms with Gasteiger partial charge in [0.25, 0.3) is 0 Å². The highest BCUT2D eigenvalue weighted by Crippen LogP contribution is 2.24. The molecule has 1 amide bonds. The third-order valence-electron chi connectivity index (χ3n) is 4.81. The summed E-state index contributed by atoms with van der Waals surface area (Å²) in [7, 11) is 2.93. The molecule has 1 N–H and O–H groups in total. The molecule has 0 spiro atoms. The van der Waals surface area contributed by atoms with Gasteiger partial charge in [0, 0.05) is 13.7 Å². The maximum Gasteiger partial charge on any atom is 0.319 e. The van der Waals surface area contributed by atoms with E-state index < -0.39 is 0 Å². The maximum absolute atomic E-state index is 12.4. The summed E-state index contributed by atoms with van der Waals surface area (Å²) in [5.41, 5.74) is 3.96. The van der Waals surface area contributed by atoms with Gasteiger partial charge in [-0.1, -0.05) is 18.2 Å². The number of hydrogen-bond acceptors (Lipinski definition) is 5. The highest BCUT2D eigenvalue weighted by atomic mass is 16.5. The van der Waals surface area contributed by atoms with E-state index in [0.717, 1.165) is 18.4 Å². The predicted molar refractivity (Wildman–Crippen MR) is 100.0 cm³/mol. The molecule has 1 aliphatic rings. The Morgan fingerprint density at radius 2 is 1.88 bits per heavy atom. The van der Waals surface area contributed by atoms with E-state index in [1.807, 2.05) is 6.92 Å². The SMILES string of the molecule is COCCN(CC(=O)NC(C)c1ccc2c(c1)CCCC2)CC(=O)OC. The number of amides is 1. The number of carbonyl (C=O) groups is 2. The fourth-order valence-corrected chi connectivity index (χ4v) is 3.28. The van der Waals surface area contributed by atoms with Crippen LogP contribution in [0.3, 0.4) is 0 Å². The van der Waals surface area contributed by atoms with Crippen LogP contribution in [0, 0.1) is 0 Å². The Kier molecular flexibility index (Phi) is 8.06. The second kappa shape index (κ2) is 10.3. The van der Waals surface area contributed by atoms with Crippen molar-refractivity contribution < 1.29 is 19.1 Å². The number of ether oxygens (including phenoxy) is 2. The lowest BCUT2D eigenvalue weighted by molar-refractivity contribution is -0.142. The first kappa shape index (κ1) is 20.4. The van der Waals surface area contributed by atoms with Crippen LogP contribution in [0.1, 0.15) is 42.5 Å². The number of rotatable bonds is 9. The van der Waals surface area contributed by atoms with Crippen LogP contribution in [-0.2, 0) is 31.9 Å². The maximum atomic E-state index is 12.4. The number of esters is 1. The molecule has 0 aromatic heterocycles. The number of methoxy groups -OCH3 is 2. The molecular formula is C20H30N2O4. The molecular weight excluding hydrogens is 332 g/mol. The largest absolute Gasteiger partial charge is 0.468 e. The molecule has 2 rings (SSSR count). The third-order valence-corrected chi connectivity index (χ3v) is 4.81. The van der Waals surface area contributed by atoms with Gasteiger partial charge in [-0.05, 0) is 49.3 Å². The Labute approximate surface area is 155 Å². The lowest BCUT2D eigenvalue weighted by Gasteiger charge is -2.23. The summed E-state index contributed by atoms with van der Waals surface area (Å²) in [6.07, 6.45) is 4.77. The van der Waals surface area contributed by atoms with Crippen LogP contribution in [0.15, 0.2) is 18.2 Å². The van der Waals surface area contributed by atoms with Gasteiger partial charge in [0.1, 0.15) is 0 Å². The first-order chi connectivity index (χ1) is 12.5. The molecule has 0 saturated heterocycles. The van der Waals surface area contributed by atoms with Crippen LogP contribution in [0.4, 0.5) is 0 Å². The summed E-state index contributed by atoms with van der Waals surface area (Å²) in [4.78, 5) is 25.7. The summed E-state index contributed by atoms with van der Waals surface area (Å²) in [5, 5.41) is 3.03. The second-order valence-corrected chi connectivity index (χ2v) is 6.80. The van der Waals surface area contributed by atoms with Crippen molar-refractivity contribution in [1.82, 2.24) is 10.2 Å². The van der Waals surface area contributed by atoms with Crippen molar-refractivity contribution in [2.24, 2.45) is 0 Å². The number of benzene rings is 1. The molecule has 1 atom stereocenters. The van der Waals surface area contributed by atoms with E-state index in [4.69, 9.17) is 9.47 Å². The minimum absolute atomic E-state index is 0.0699. The van der Waals surface area contributed by atoms with Gasteiger partial charge < -0.3 is 14.8 Å². The lowest BCUT2D eigenvalue weighted by atomic mass is 9.89. The molecule has 0 radical (unpaired) electrons. The smallest absolute Gasteiger partial charge is 0.319 e. The van der Waals surface area contributed by atoms with Crippen LogP contribution in [0.25, 0.3) is 0 Å². The number of nitrogens with one attached hydrogen (secondary N) is 1. The molecule has 0 aliphatic heterocycles. The number of aryl methyl sites for hydroxylation is 2.